The van der Waals surface area contributed by atoms with Crippen molar-refractivity contribution < 1.29 is 14.3 Å². The van der Waals surface area contributed by atoms with E-state index in [1.54, 1.807) is 0 Å². The van der Waals surface area contributed by atoms with Crippen LogP contribution in [0, 0.1) is 13.8 Å². The van der Waals surface area contributed by atoms with Gasteiger partial charge in [0.05, 0.1) is 19.8 Å². The lowest BCUT2D eigenvalue weighted by Crippen LogP contribution is -2.46. The van der Waals surface area contributed by atoms with E-state index in [-0.39, 0.29) is 11.9 Å². The third kappa shape index (κ3) is 4.32. The summed E-state index contributed by atoms with van der Waals surface area (Å²) < 4.78 is 10.6. The summed E-state index contributed by atoms with van der Waals surface area (Å²) in [6.07, 6.45) is 0.354. The summed E-state index contributed by atoms with van der Waals surface area (Å²) in [7, 11) is 0. The average Bonchev–Trinajstić information content (AvgIpc) is 2.38. The number of rotatable bonds is 4. The second-order valence-electron chi connectivity index (χ2n) is 5.54. The van der Waals surface area contributed by atoms with Crippen LogP contribution in [0.15, 0.2) is 18.2 Å². The molecule has 4 heteroatoms. The molecule has 1 heterocycles. The maximum absolute atomic E-state index is 12.0. The Bertz CT molecular complexity index is 447. The van der Waals surface area contributed by atoms with E-state index in [1.165, 1.54) is 16.7 Å². The number of nitrogens with one attached hydrogen (secondary N) is 1. The first-order chi connectivity index (χ1) is 9.54. The summed E-state index contributed by atoms with van der Waals surface area (Å²) in [5.74, 6) is -0.0819. The molecule has 0 spiro atoms. The zero-order chi connectivity index (χ0) is 14.5. The molecule has 0 aliphatic carbocycles. The van der Waals surface area contributed by atoms with Crippen LogP contribution in [0.2, 0.25) is 0 Å². The van der Waals surface area contributed by atoms with Gasteiger partial charge in [-0.3, -0.25) is 4.79 Å². The molecule has 1 saturated heterocycles. The smallest absolute Gasteiger partial charge is 0.251 e. The van der Waals surface area contributed by atoms with Crippen molar-refractivity contribution in [2.75, 3.05) is 19.8 Å². The quantitative estimate of drug-likeness (QED) is 0.912. The second kappa shape index (κ2) is 6.86. The summed E-state index contributed by atoms with van der Waals surface area (Å²) in [4.78, 5) is 12.0. The SMILES string of the molecule is Cc1cc(C)cc(C[C@H](C)NC(=O)[C@H]2COCCO2)c1. The van der Waals surface area contributed by atoms with Gasteiger partial charge in [-0.15, -0.1) is 0 Å². The molecule has 4 nitrogen and oxygen atoms in total. The van der Waals surface area contributed by atoms with E-state index in [1.807, 2.05) is 6.92 Å². The summed E-state index contributed by atoms with van der Waals surface area (Å²) >= 11 is 0. The predicted octanol–water partition coefficient (Wildman–Crippen LogP) is 1.77. The summed E-state index contributed by atoms with van der Waals surface area (Å²) in [5.41, 5.74) is 3.75. The van der Waals surface area contributed by atoms with Crippen LogP contribution in [0.4, 0.5) is 0 Å². The molecular formula is C16H23NO3. The van der Waals surface area contributed by atoms with Gasteiger partial charge in [0.2, 0.25) is 0 Å². The predicted molar refractivity (Wildman–Crippen MR) is 77.8 cm³/mol. The zero-order valence-electron chi connectivity index (χ0n) is 12.4. The Morgan fingerprint density at radius 3 is 2.60 bits per heavy atom. The van der Waals surface area contributed by atoms with Crippen LogP contribution in [0.5, 0.6) is 0 Å². The normalized spacial score (nSPS) is 20.4. The van der Waals surface area contributed by atoms with Crippen molar-refractivity contribution in [3.05, 3.63) is 34.9 Å². The fraction of sp³-hybridized carbons (Fsp3) is 0.562. The summed E-state index contributed by atoms with van der Waals surface area (Å²) in [6.45, 7) is 7.60. The van der Waals surface area contributed by atoms with E-state index in [9.17, 15) is 4.79 Å². The van der Waals surface area contributed by atoms with Crippen molar-refractivity contribution in [2.45, 2.75) is 39.3 Å². The molecule has 0 aromatic heterocycles. The van der Waals surface area contributed by atoms with Crippen LogP contribution < -0.4 is 5.32 Å². The van der Waals surface area contributed by atoms with Gasteiger partial charge in [0, 0.05) is 6.04 Å². The van der Waals surface area contributed by atoms with Crippen molar-refractivity contribution in [2.24, 2.45) is 0 Å². The first kappa shape index (κ1) is 15.0. The number of carbonyl (C=O) groups excluding carboxylic acids is 1. The maximum atomic E-state index is 12.0. The molecule has 20 heavy (non-hydrogen) atoms. The Balaban J connectivity index is 1.88. The Morgan fingerprint density at radius 1 is 1.30 bits per heavy atom. The monoisotopic (exact) mass is 277 g/mol. The molecule has 2 rings (SSSR count). The van der Waals surface area contributed by atoms with Crippen LogP contribution in [-0.4, -0.2) is 37.9 Å². The van der Waals surface area contributed by atoms with Gasteiger partial charge >= 0.3 is 0 Å². The van der Waals surface area contributed by atoms with Crippen LogP contribution in [0.1, 0.15) is 23.6 Å². The second-order valence-corrected chi connectivity index (χ2v) is 5.54. The standard InChI is InChI=1S/C16H23NO3/c1-11-6-12(2)8-14(7-11)9-13(3)17-16(18)15-10-19-4-5-20-15/h6-8,13,15H,4-5,9-10H2,1-3H3,(H,17,18)/t13-,15+/m0/s1. The molecule has 1 amide bonds. The Hall–Kier alpha value is -1.39. The highest BCUT2D eigenvalue weighted by atomic mass is 16.6. The first-order valence-corrected chi connectivity index (χ1v) is 7.11. The van der Waals surface area contributed by atoms with Gasteiger partial charge in [-0.1, -0.05) is 29.3 Å². The number of hydrogen-bond donors (Lipinski definition) is 1. The van der Waals surface area contributed by atoms with E-state index < -0.39 is 6.10 Å². The van der Waals surface area contributed by atoms with Crippen molar-refractivity contribution in [1.82, 2.24) is 5.32 Å². The summed E-state index contributed by atoms with van der Waals surface area (Å²) in [5, 5.41) is 2.99. The minimum Gasteiger partial charge on any atom is -0.376 e. The molecule has 110 valence electrons. The third-order valence-electron chi connectivity index (χ3n) is 3.32. The van der Waals surface area contributed by atoms with Crippen molar-refractivity contribution in [3.8, 4) is 0 Å². The van der Waals surface area contributed by atoms with Gasteiger partial charge in [-0.05, 0) is 32.8 Å². The minimum absolute atomic E-state index is 0.0780. The fourth-order valence-corrected chi connectivity index (χ4v) is 2.57. The zero-order valence-corrected chi connectivity index (χ0v) is 12.4. The van der Waals surface area contributed by atoms with E-state index in [0.717, 1.165) is 6.42 Å². The lowest BCUT2D eigenvalue weighted by atomic mass is 10.0. The molecule has 0 bridgehead atoms. The van der Waals surface area contributed by atoms with Gasteiger partial charge in [0.15, 0.2) is 6.10 Å². The molecule has 0 saturated carbocycles. The highest BCUT2D eigenvalue weighted by molar-refractivity contribution is 5.81. The van der Waals surface area contributed by atoms with Crippen LogP contribution in [-0.2, 0) is 20.7 Å². The minimum atomic E-state index is -0.467. The highest BCUT2D eigenvalue weighted by Gasteiger charge is 2.23. The largest absolute Gasteiger partial charge is 0.376 e. The van der Waals surface area contributed by atoms with E-state index in [2.05, 4.69) is 37.4 Å². The van der Waals surface area contributed by atoms with Crippen molar-refractivity contribution >= 4 is 5.91 Å². The van der Waals surface area contributed by atoms with Crippen molar-refractivity contribution in [3.63, 3.8) is 0 Å². The third-order valence-corrected chi connectivity index (χ3v) is 3.32. The molecule has 1 aliphatic rings. The van der Waals surface area contributed by atoms with E-state index in [4.69, 9.17) is 9.47 Å². The molecule has 1 aromatic rings. The number of carbonyl (C=O) groups is 1. The Kier molecular flexibility index (Phi) is 5.15. The number of ether oxygens (including phenoxy) is 2. The van der Waals surface area contributed by atoms with Crippen LogP contribution in [0.3, 0.4) is 0 Å². The Labute approximate surface area is 120 Å². The number of amides is 1. The molecule has 1 N–H and O–H groups in total. The molecule has 0 radical (unpaired) electrons. The number of hydrogen-bond acceptors (Lipinski definition) is 3. The average molecular weight is 277 g/mol. The van der Waals surface area contributed by atoms with E-state index in [0.29, 0.717) is 19.8 Å². The molecule has 1 aromatic carbocycles. The first-order valence-electron chi connectivity index (χ1n) is 7.11. The van der Waals surface area contributed by atoms with Crippen molar-refractivity contribution in [1.29, 1.82) is 0 Å². The van der Waals surface area contributed by atoms with E-state index >= 15 is 0 Å². The number of aryl methyl sites for hydroxylation is 2. The van der Waals surface area contributed by atoms with Gasteiger partial charge in [-0.25, -0.2) is 0 Å². The maximum Gasteiger partial charge on any atom is 0.251 e. The topological polar surface area (TPSA) is 47.6 Å². The van der Waals surface area contributed by atoms with Crippen LogP contribution >= 0.6 is 0 Å². The molecule has 1 aliphatic heterocycles. The van der Waals surface area contributed by atoms with Gasteiger partial charge < -0.3 is 14.8 Å². The summed E-state index contributed by atoms with van der Waals surface area (Å²) in [6, 6.07) is 6.56. The molecular weight excluding hydrogens is 254 g/mol. The van der Waals surface area contributed by atoms with Gasteiger partial charge in [0.1, 0.15) is 0 Å². The highest BCUT2D eigenvalue weighted by Crippen LogP contribution is 2.11. The molecule has 0 unspecified atom stereocenters. The lowest BCUT2D eigenvalue weighted by molar-refractivity contribution is -0.148. The molecule has 2 atom stereocenters. The fourth-order valence-electron chi connectivity index (χ4n) is 2.57. The number of benzene rings is 1. The lowest BCUT2D eigenvalue weighted by Gasteiger charge is -2.24. The molecule has 1 fully saturated rings. The van der Waals surface area contributed by atoms with Gasteiger partial charge in [0.25, 0.3) is 5.91 Å². The van der Waals surface area contributed by atoms with Crippen LogP contribution in [0.25, 0.3) is 0 Å². The Morgan fingerprint density at radius 2 is 2.00 bits per heavy atom. The van der Waals surface area contributed by atoms with Gasteiger partial charge in [-0.2, -0.15) is 0 Å².